The second-order valence-electron chi connectivity index (χ2n) is 7.50. The van der Waals surface area contributed by atoms with E-state index in [2.05, 4.69) is 10.3 Å². The molecule has 0 bridgehead atoms. The first-order valence-corrected chi connectivity index (χ1v) is 11.8. The van der Waals surface area contributed by atoms with Gasteiger partial charge in [0.15, 0.2) is 16.7 Å². The van der Waals surface area contributed by atoms with E-state index < -0.39 is 0 Å². The molecule has 1 aliphatic rings. The molecule has 0 aromatic heterocycles. The van der Waals surface area contributed by atoms with Crippen molar-refractivity contribution in [3.8, 4) is 11.5 Å². The average Bonchev–Trinajstić information content (AvgIpc) is 3.13. The van der Waals surface area contributed by atoms with Crippen LogP contribution in [0.25, 0.3) is 6.08 Å². The lowest BCUT2D eigenvalue weighted by atomic mass is 10.1. The highest BCUT2D eigenvalue weighted by molar-refractivity contribution is 8.18. The van der Waals surface area contributed by atoms with Crippen molar-refractivity contribution in [3.63, 3.8) is 0 Å². The first kappa shape index (κ1) is 23.9. The highest BCUT2D eigenvalue weighted by Crippen LogP contribution is 2.39. The minimum Gasteiger partial charge on any atom is -0.490 e. The number of halogens is 2. The standard InChI is InChI=1S/C26H22ClFN2O3S/c1-3-32-22-13-18(12-21(27)24(22)33-15-17-6-4-5-16(2)11-17)14-23-25(31)30-26(34-23)29-20-9-7-19(28)8-10-20/h4-14H,3,15H2,1-2H3,(H,29,30,31)/b23-14+. The third-order valence-electron chi connectivity index (χ3n) is 4.80. The molecule has 0 aliphatic carbocycles. The Bertz CT molecular complexity index is 1280. The number of nitrogens with one attached hydrogen (secondary N) is 1. The fourth-order valence-corrected chi connectivity index (χ4v) is 4.41. The van der Waals surface area contributed by atoms with Crippen LogP contribution in [0.3, 0.4) is 0 Å². The number of amides is 1. The lowest BCUT2D eigenvalue weighted by Gasteiger charge is -2.15. The summed E-state index contributed by atoms with van der Waals surface area (Å²) in [6.45, 7) is 4.68. The summed E-state index contributed by atoms with van der Waals surface area (Å²) < 4.78 is 24.9. The zero-order chi connectivity index (χ0) is 24.1. The van der Waals surface area contributed by atoms with Crippen molar-refractivity contribution in [2.45, 2.75) is 20.5 Å². The van der Waals surface area contributed by atoms with E-state index in [0.29, 0.717) is 51.1 Å². The topological polar surface area (TPSA) is 59.9 Å². The molecule has 1 amide bonds. The van der Waals surface area contributed by atoms with Gasteiger partial charge in [-0.15, -0.1) is 0 Å². The number of carbonyl (C=O) groups is 1. The van der Waals surface area contributed by atoms with Crippen molar-refractivity contribution in [3.05, 3.63) is 93.1 Å². The predicted molar refractivity (Wildman–Crippen MR) is 135 cm³/mol. The number of rotatable bonds is 7. The zero-order valence-electron chi connectivity index (χ0n) is 18.6. The minimum absolute atomic E-state index is 0.278. The maximum atomic E-state index is 13.1. The Morgan fingerprint density at radius 1 is 1.12 bits per heavy atom. The van der Waals surface area contributed by atoms with Crippen molar-refractivity contribution < 1.29 is 18.7 Å². The van der Waals surface area contributed by atoms with E-state index in [-0.39, 0.29) is 11.7 Å². The van der Waals surface area contributed by atoms with Crippen LogP contribution in [0.2, 0.25) is 5.02 Å². The van der Waals surface area contributed by atoms with Crippen LogP contribution in [0.1, 0.15) is 23.6 Å². The van der Waals surface area contributed by atoms with E-state index in [9.17, 15) is 9.18 Å². The number of nitrogens with zero attached hydrogens (tertiary/aromatic N) is 1. The summed E-state index contributed by atoms with van der Waals surface area (Å²) in [5.41, 5.74) is 3.41. The molecule has 0 atom stereocenters. The van der Waals surface area contributed by atoms with E-state index >= 15 is 0 Å². The molecular formula is C26H22ClFN2O3S. The van der Waals surface area contributed by atoms with Crippen LogP contribution in [0.5, 0.6) is 11.5 Å². The summed E-state index contributed by atoms with van der Waals surface area (Å²) in [7, 11) is 0. The van der Waals surface area contributed by atoms with Gasteiger partial charge in [-0.1, -0.05) is 41.4 Å². The van der Waals surface area contributed by atoms with Crippen LogP contribution in [-0.2, 0) is 11.4 Å². The van der Waals surface area contributed by atoms with Gasteiger partial charge in [0.1, 0.15) is 12.4 Å². The minimum atomic E-state index is -0.346. The highest BCUT2D eigenvalue weighted by atomic mass is 35.5. The Balaban J connectivity index is 1.55. The lowest BCUT2D eigenvalue weighted by Crippen LogP contribution is -2.19. The van der Waals surface area contributed by atoms with Crippen LogP contribution >= 0.6 is 23.4 Å². The van der Waals surface area contributed by atoms with Gasteiger partial charge in [-0.05, 0) is 79.2 Å². The fourth-order valence-electron chi connectivity index (χ4n) is 3.30. The lowest BCUT2D eigenvalue weighted by molar-refractivity contribution is -0.115. The predicted octanol–water partition coefficient (Wildman–Crippen LogP) is 6.66. The average molecular weight is 497 g/mol. The normalized spacial score (nSPS) is 15.6. The number of amidine groups is 1. The van der Waals surface area contributed by atoms with Gasteiger partial charge in [0, 0.05) is 0 Å². The van der Waals surface area contributed by atoms with E-state index in [4.69, 9.17) is 21.1 Å². The van der Waals surface area contributed by atoms with Gasteiger partial charge in [-0.25, -0.2) is 9.38 Å². The fraction of sp³-hybridized carbons (Fsp3) is 0.154. The molecule has 0 spiro atoms. The van der Waals surface area contributed by atoms with Crippen LogP contribution in [0.15, 0.2) is 70.6 Å². The number of hydrogen-bond donors (Lipinski definition) is 1. The Morgan fingerprint density at radius 3 is 2.65 bits per heavy atom. The van der Waals surface area contributed by atoms with E-state index in [1.807, 2.05) is 38.1 Å². The molecule has 1 aliphatic heterocycles. The molecule has 34 heavy (non-hydrogen) atoms. The Kier molecular flexibility index (Phi) is 7.55. The number of aryl methyl sites for hydroxylation is 1. The largest absolute Gasteiger partial charge is 0.490 e. The van der Waals surface area contributed by atoms with Gasteiger partial charge in [0.2, 0.25) is 0 Å². The van der Waals surface area contributed by atoms with Gasteiger partial charge in [0.05, 0.1) is 22.2 Å². The summed E-state index contributed by atoms with van der Waals surface area (Å²) in [6.07, 6.45) is 1.71. The van der Waals surface area contributed by atoms with E-state index in [1.165, 1.54) is 23.9 Å². The highest BCUT2D eigenvalue weighted by Gasteiger charge is 2.24. The smallest absolute Gasteiger partial charge is 0.264 e. The number of hydrogen-bond acceptors (Lipinski definition) is 5. The molecule has 1 N–H and O–H groups in total. The molecule has 1 fully saturated rings. The first-order chi connectivity index (χ1) is 16.4. The maximum Gasteiger partial charge on any atom is 0.264 e. The van der Waals surface area contributed by atoms with Crippen molar-refractivity contribution in [1.82, 2.24) is 5.32 Å². The summed E-state index contributed by atoms with van der Waals surface area (Å²) in [5, 5.41) is 3.52. The SMILES string of the molecule is CCOc1cc(/C=C2/SC(=Nc3ccc(F)cc3)NC2=O)cc(Cl)c1OCc1cccc(C)c1. The van der Waals surface area contributed by atoms with Crippen LogP contribution in [0, 0.1) is 12.7 Å². The second kappa shape index (κ2) is 10.8. The molecule has 0 saturated carbocycles. The zero-order valence-corrected chi connectivity index (χ0v) is 20.2. The molecule has 0 unspecified atom stereocenters. The Labute approximate surface area is 206 Å². The van der Waals surface area contributed by atoms with Gasteiger partial charge in [-0.3, -0.25) is 4.79 Å². The van der Waals surface area contributed by atoms with E-state index in [0.717, 1.165) is 11.1 Å². The molecule has 4 rings (SSSR count). The van der Waals surface area contributed by atoms with Gasteiger partial charge < -0.3 is 14.8 Å². The third-order valence-corrected chi connectivity index (χ3v) is 5.99. The molecule has 1 saturated heterocycles. The van der Waals surface area contributed by atoms with Crippen LogP contribution in [0.4, 0.5) is 10.1 Å². The number of carbonyl (C=O) groups excluding carboxylic acids is 1. The van der Waals surface area contributed by atoms with Crippen molar-refractivity contribution in [1.29, 1.82) is 0 Å². The first-order valence-electron chi connectivity index (χ1n) is 10.6. The quantitative estimate of drug-likeness (QED) is 0.372. The molecule has 3 aromatic rings. The van der Waals surface area contributed by atoms with Crippen molar-refractivity contribution in [2.75, 3.05) is 6.61 Å². The van der Waals surface area contributed by atoms with Crippen molar-refractivity contribution >= 4 is 46.2 Å². The Hall–Kier alpha value is -3.29. The molecule has 1 heterocycles. The maximum absolute atomic E-state index is 13.1. The number of ether oxygens (including phenoxy) is 2. The van der Waals surface area contributed by atoms with Gasteiger partial charge in [0.25, 0.3) is 5.91 Å². The number of benzene rings is 3. The molecule has 174 valence electrons. The van der Waals surface area contributed by atoms with Gasteiger partial charge >= 0.3 is 0 Å². The molecule has 0 radical (unpaired) electrons. The monoisotopic (exact) mass is 496 g/mol. The Morgan fingerprint density at radius 2 is 1.91 bits per heavy atom. The molecule has 5 nitrogen and oxygen atoms in total. The summed E-state index contributed by atoms with van der Waals surface area (Å²) in [6, 6.07) is 17.3. The van der Waals surface area contributed by atoms with Crippen LogP contribution in [-0.4, -0.2) is 17.7 Å². The molecular weight excluding hydrogens is 475 g/mol. The van der Waals surface area contributed by atoms with E-state index in [1.54, 1.807) is 30.3 Å². The third kappa shape index (κ3) is 5.98. The molecule has 8 heteroatoms. The number of aliphatic imine (C=N–C) groups is 1. The summed E-state index contributed by atoms with van der Waals surface area (Å²) >= 11 is 7.73. The summed E-state index contributed by atoms with van der Waals surface area (Å²) in [4.78, 5) is 17.3. The molecule has 3 aromatic carbocycles. The van der Waals surface area contributed by atoms with Crippen molar-refractivity contribution in [2.24, 2.45) is 4.99 Å². The van der Waals surface area contributed by atoms with Gasteiger partial charge in [-0.2, -0.15) is 0 Å². The number of thioether (sulfide) groups is 1. The van der Waals surface area contributed by atoms with Crippen LogP contribution < -0.4 is 14.8 Å². The summed E-state index contributed by atoms with van der Waals surface area (Å²) in [5.74, 6) is 0.327. The second-order valence-corrected chi connectivity index (χ2v) is 8.94.